The summed E-state index contributed by atoms with van der Waals surface area (Å²) in [6.45, 7) is 0. The second-order valence-electron chi connectivity index (χ2n) is 3.50. The van der Waals surface area contributed by atoms with Crippen LogP contribution >= 0.6 is 38.5 Å². The highest BCUT2D eigenvalue weighted by atomic mass is 127. The van der Waals surface area contributed by atoms with Gasteiger partial charge in [0.05, 0.1) is 5.69 Å². The summed E-state index contributed by atoms with van der Waals surface area (Å²) < 4.78 is 1.99. The number of amides is 2. The van der Waals surface area contributed by atoms with Gasteiger partial charge in [0.25, 0.3) is 0 Å². The van der Waals surface area contributed by atoms with Crippen LogP contribution in [0.4, 0.5) is 10.5 Å². The van der Waals surface area contributed by atoms with Gasteiger partial charge in [-0.2, -0.15) is 0 Å². The van der Waals surface area contributed by atoms with Gasteiger partial charge in [-0.05, 0) is 69.6 Å². The van der Waals surface area contributed by atoms with E-state index in [2.05, 4.69) is 49.2 Å². The molecule has 1 fully saturated rings. The Hall–Kier alpha value is -0.300. The van der Waals surface area contributed by atoms with E-state index in [1.165, 1.54) is 0 Å². The maximum Gasteiger partial charge on any atom is 0.319 e. The lowest BCUT2D eigenvalue weighted by atomic mass is 10.3. The molecule has 2 rings (SSSR count). The Balaban J connectivity index is 2.01. The van der Waals surface area contributed by atoms with Gasteiger partial charge in [0, 0.05) is 14.1 Å². The summed E-state index contributed by atoms with van der Waals surface area (Å²) in [5, 5.41) is 5.70. The van der Waals surface area contributed by atoms with Crippen LogP contribution in [0.1, 0.15) is 12.8 Å². The molecule has 0 heterocycles. The molecule has 1 saturated carbocycles. The maximum absolute atomic E-state index is 11.5. The first-order valence-electron chi connectivity index (χ1n) is 4.68. The lowest BCUT2D eigenvalue weighted by molar-refractivity contribution is 0.251. The third-order valence-electron chi connectivity index (χ3n) is 2.09. The molecule has 2 amide bonds. The van der Waals surface area contributed by atoms with Crippen LogP contribution in [0.25, 0.3) is 0 Å². The first-order chi connectivity index (χ1) is 7.15. The maximum atomic E-state index is 11.5. The molecule has 1 aliphatic carbocycles. The predicted molar refractivity (Wildman–Crippen MR) is 72.0 cm³/mol. The van der Waals surface area contributed by atoms with Gasteiger partial charge in [-0.1, -0.05) is 0 Å². The molecule has 15 heavy (non-hydrogen) atoms. The molecule has 80 valence electrons. The molecule has 0 radical (unpaired) electrons. The molecule has 0 aromatic heterocycles. The van der Waals surface area contributed by atoms with Gasteiger partial charge >= 0.3 is 6.03 Å². The van der Waals surface area contributed by atoms with Crippen molar-refractivity contribution in [3.63, 3.8) is 0 Å². The van der Waals surface area contributed by atoms with Crippen molar-refractivity contribution in [2.45, 2.75) is 18.9 Å². The number of urea groups is 1. The van der Waals surface area contributed by atoms with Gasteiger partial charge in [-0.25, -0.2) is 4.79 Å². The van der Waals surface area contributed by atoms with Crippen LogP contribution < -0.4 is 10.6 Å². The van der Waals surface area contributed by atoms with Crippen molar-refractivity contribution < 1.29 is 4.79 Å². The number of anilines is 1. The first-order valence-corrected chi connectivity index (χ1v) is 6.55. The van der Waals surface area contributed by atoms with E-state index < -0.39 is 0 Å². The van der Waals surface area contributed by atoms with Crippen molar-refractivity contribution in [3.05, 3.63) is 26.2 Å². The van der Waals surface area contributed by atoms with Crippen LogP contribution in [-0.4, -0.2) is 12.1 Å². The zero-order valence-electron chi connectivity index (χ0n) is 7.89. The molecule has 2 N–H and O–H groups in total. The van der Waals surface area contributed by atoms with Crippen LogP contribution in [0.3, 0.4) is 0 Å². The van der Waals surface area contributed by atoms with Crippen LogP contribution in [0, 0.1) is 3.57 Å². The Kier molecular flexibility index (Phi) is 3.50. The molecule has 3 nitrogen and oxygen atoms in total. The van der Waals surface area contributed by atoms with Gasteiger partial charge < -0.3 is 10.6 Å². The third kappa shape index (κ3) is 3.34. The van der Waals surface area contributed by atoms with Crippen molar-refractivity contribution in [2.75, 3.05) is 5.32 Å². The molecule has 0 spiro atoms. The number of hydrogen-bond donors (Lipinski definition) is 2. The summed E-state index contributed by atoms with van der Waals surface area (Å²) in [7, 11) is 0. The van der Waals surface area contributed by atoms with E-state index in [4.69, 9.17) is 0 Å². The smallest absolute Gasteiger partial charge is 0.319 e. The van der Waals surface area contributed by atoms with Gasteiger partial charge in [0.15, 0.2) is 0 Å². The topological polar surface area (TPSA) is 41.1 Å². The molecule has 1 aliphatic rings. The Morgan fingerprint density at radius 1 is 1.47 bits per heavy atom. The van der Waals surface area contributed by atoms with Crippen LogP contribution in [0.5, 0.6) is 0 Å². The van der Waals surface area contributed by atoms with Gasteiger partial charge in [0.2, 0.25) is 0 Å². The summed E-state index contributed by atoms with van der Waals surface area (Å²) in [5.41, 5.74) is 0.806. The number of nitrogens with one attached hydrogen (secondary N) is 2. The van der Waals surface area contributed by atoms with Gasteiger partial charge in [-0.15, -0.1) is 0 Å². The van der Waals surface area contributed by atoms with E-state index in [0.717, 1.165) is 26.6 Å². The largest absolute Gasteiger partial charge is 0.335 e. The highest BCUT2D eigenvalue weighted by molar-refractivity contribution is 14.1. The number of hydrogen-bond acceptors (Lipinski definition) is 1. The fraction of sp³-hybridized carbons (Fsp3) is 0.300. The quantitative estimate of drug-likeness (QED) is 0.759. The highest BCUT2D eigenvalue weighted by Gasteiger charge is 2.23. The second kappa shape index (κ2) is 4.69. The van der Waals surface area contributed by atoms with E-state index in [-0.39, 0.29) is 6.03 Å². The average Bonchev–Trinajstić information content (AvgIpc) is 2.95. The number of carbonyl (C=O) groups excluding carboxylic acids is 1. The van der Waals surface area contributed by atoms with Crippen molar-refractivity contribution >= 4 is 50.2 Å². The Bertz CT molecular complexity index is 393. The summed E-state index contributed by atoms with van der Waals surface area (Å²) >= 11 is 5.61. The minimum absolute atomic E-state index is 0.125. The fourth-order valence-electron chi connectivity index (χ4n) is 1.16. The van der Waals surface area contributed by atoms with Crippen molar-refractivity contribution in [1.82, 2.24) is 5.32 Å². The number of halogens is 2. The molecule has 5 heteroatoms. The summed E-state index contributed by atoms with van der Waals surface area (Å²) in [6.07, 6.45) is 2.20. The Labute approximate surface area is 110 Å². The van der Waals surface area contributed by atoms with E-state index in [1.807, 2.05) is 18.2 Å². The molecule has 0 atom stereocenters. The van der Waals surface area contributed by atoms with Gasteiger partial charge in [0.1, 0.15) is 0 Å². The number of benzene rings is 1. The van der Waals surface area contributed by atoms with Crippen LogP contribution in [-0.2, 0) is 0 Å². The first kappa shape index (κ1) is 11.2. The Morgan fingerprint density at radius 2 is 2.20 bits per heavy atom. The van der Waals surface area contributed by atoms with E-state index >= 15 is 0 Å². The normalized spacial score (nSPS) is 14.8. The average molecular weight is 381 g/mol. The van der Waals surface area contributed by atoms with Crippen LogP contribution in [0.2, 0.25) is 0 Å². The number of carbonyl (C=O) groups is 1. The van der Waals surface area contributed by atoms with Crippen molar-refractivity contribution in [1.29, 1.82) is 0 Å². The van der Waals surface area contributed by atoms with E-state index in [0.29, 0.717) is 6.04 Å². The molecular weight excluding hydrogens is 371 g/mol. The molecule has 0 unspecified atom stereocenters. The number of rotatable bonds is 2. The summed E-state index contributed by atoms with van der Waals surface area (Å²) in [4.78, 5) is 11.5. The lowest BCUT2D eigenvalue weighted by Crippen LogP contribution is -2.30. The van der Waals surface area contributed by atoms with Gasteiger partial charge in [-0.3, -0.25) is 0 Å². The Morgan fingerprint density at radius 3 is 2.87 bits per heavy atom. The highest BCUT2D eigenvalue weighted by Crippen LogP contribution is 2.25. The summed E-state index contributed by atoms with van der Waals surface area (Å²) in [6, 6.07) is 6.09. The zero-order chi connectivity index (χ0) is 10.8. The zero-order valence-corrected chi connectivity index (χ0v) is 11.6. The molecule has 0 saturated heterocycles. The van der Waals surface area contributed by atoms with Crippen molar-refractivity contribution in [2.24, 2.45) is 0 Å². The lowest BCUT2D eigenvalue weighted by Gasteiger charge is -2.08. The standard InChI is InChI=1S/C10H10BrIN2O/c11-8-4-1-6(12)5-9(8)14-10(15)13-7-2-3-7/h1,4-5,7H,2-3H2,(H2,13,14,15). The predicted octanol–water partition coefficient (Wildman–Crippen LogP) is 3.34. The van der Waals surface area contributed by atoms with Crippen LogP contribution in [0.15, 0.2) is 22.7 Å². The van der Waals surface area contributed by atoms with E-state index in [9.17, 15) is 4.79 Å². The molecular formula is C10H10BrIN2O. The second-order valence-corrected chi connectivity index (χ2v) is 5.60. The minimum Gasteiger partial charge on any atom is -0.335 e. The molecule has 0 bridgehead atoms. The monoisotopic (exact) mass is 380 g/mol. The summed E-state index contributed by atoms with van der Waals surface area (Å²) in [5.74, 6) is 0. The molecule has 1 aromatic rings. The SMILES string of the molecule is O=C(Nc1cc(I)ccc1Br)NC1CC1. The molecule has 1 aromatic carbocycles. The third-order valence-corrected chi connectivity index (χ3v) is 3.45. The van der Waals surface area contributed by atoms with E-state index in [1.54, 1.807) is 0 Å². The molecule has 0 aliphatic heterocycles. The minimum atomic E-state index is -0.125. The fourth-order valence-corrected chi connectivity index (χ4v) is 2.00. The van der Waals surface area contributed by atoms with Crippen molar-refractivity contribution in [3.8, 4) is 0 Å².